The zero-order valence-corrected chi connectivity index (χ0v) is 10.4. The second kappa shape index (κ2) is 3.83. The van der Waals surface area contributed by atoms with Crippen LogP contribution in [0.3, 0.4) is 0 Å². The standard InChI is InChI=1S/C11H20N2O4/c1-10(2,3)17-9(16)13-4-7(14)8(15)11(13)5-12-6-11/h7-8,12,14-15H,4-6H2,1-3H3. The predicted octanol–water partition coefficient (Wildman–Crippen LogP) is -0.699. The van der Waals surface area contributed by atoms with Crippen molar-refractivity contribution in [1.82, 2.24) is 10.2 Å². The molecule has 98 valence electrons. The maximum absolute atomic E-state index is 12.0. The molecular formula is C11H20N2O4. The summed E-state index contributed by atoms with van der Waals surface area (Å²) in [4.78, 5) is 13.5. The number of hydrogen-bond acceptors (Lipinski definition) is 5. The average Bonchev–Trinajstić information content (AvgIpc) is 2.36. The molecule has 6 heteroatoms. The summed E-state index contributed by atoms with van der Waals surface area (Å²) in [6.07, 6.45) is -2.28. The van der Waals surface area contributed by atoms with Gasteiger partial charge < -0.3 is 20.3 Å². The highest BCUT2D eigenvalue weighted by molar-refractivity contribution is 5.70. The fourth-order valence-electron chi connectivity index (χ4n) is 2.34. The zero-order chi connectivity index (χ0) is 12.8. The van der Waals surface area contributed by atoms with Gasteiger partial charge in [-0.25, -0.2) is 4.79 Å². The molecule has 1 amide bonds. The van der Waals surface area contributed by atoms with E-state index >= 15 is 0 Å². The van der Waals surface area contributed by atoms with Crippen molar-refractivity contribution in [3.05, 3.63) is 0 Å². The van der Waals surface area contributed by atoms with E-state index in [4.69, 9.17) is 4.74 Å². The van der Waals surface area contributed by atoms with Gasteiger partial charge in [0.25, 0.3) is 0 Å². The van der Waals surface area contributed by atoms with Crippen molar-refractivity contribution in [3.63, 3.8) is 0 Å². The second-order valence-electron chi connectivity index (χ2n) is 5.81. The Morgan fingerprint density at radius 3 is 2.41 bits per heavy atom. The number of nitrogens with one attached hydrogen (secondary N) is 1. The van der Waals surface area contributed by atoms with Crippen molar-refractivity contribution in [2.75, 3.05) is 19.6 Å². The molecule has 17 heavy (non-hydrogen) atoms. The first kappa shape index (κ1) is 12.6. The molecule has 0 aliphatic carbocycles. The van der Waals surface area contributed by atoms with E-state index in [2.05, 4.69) is 5.32 Å². The molecule has 2 rings (SSSR count). The highest BCUT2D eigenvalue weighted by Crippen LogP contribution is 2.34. The van der Waals surface area contributed by atoms with Crippen LogP contribution in [0.15, 0.2) is 0 Å². The van der Waals surface area contributed by atoms with Gasteiger partial charge in [0.15, 0.2) is 0 Å². The summed E-state index contributed by atoms with van der Waals surface area (Å²) in [6.45, 7) is 6.48. The van der Waals surface area contributed by atoms with Crippen LogP contribution in [0.5, 0.6) is 0 Å². The third-order valence-electron chi connectivity index (χ3n) is 3.30. The van der Waals surface area contributed by atoms with Gasteiger partial charge in [-0.15, -0.1) is 0 Å². The minimum Gasteiger partial charge on any atom is -0.444 e. The van der Waals surface area contributed by atoms with Crippen LogP contribution in [0.25, 0.3) is 0 Å². The molecule has 2 fully saturated rings. The predicted molar refractivity (Wildman–Crippen MR) is 60.6 cm³/mol. The number of rotatable bonds is 0. The summed E-state index contributed by atoms with van der Waals surface area (Å²) in [5, 5.41) is 22.7. The number of aliphatic hydroxyl groups is 2. The highest BCUT2D eigenvalue weighted by atomic mass is 16.6. The minimum absolute atomic E-state index is 0.123. The summed E-state index contributed by atoms with van der Waals surface area (Å²) >= 11 is 0. The van der Waals surface area contributed by atoms with Crippen LogP contribution in [-0.2, 0) is 4.74 Å². The SMILES string of the molecule is CC(C)(C)OC(=O)N1CC(O)C(O)C12CNC2. The Balaban J connectivity index is 2.13. The maximum Gasteiger partial charge on any atom is 0.411 e. The summed E-state index contributed by atoms with van der Waals surface area (Å²) in [6, 6.07) is 0. The van der Waals surface area contributed by atoms with Gasteiger partial charge in [0.2, 0.25) is 0 Å². The average molecular weight is 244 g/mol. The van der Waals surface area contributed by atoms with E-state index in [0.717, 1.165) is 0 Å². The van der Waals surface area contributed by atoms with Gasteiger partial charge in [0, 0.05) is 13.1 Å². The molecule has 2 aliphatic heterocycles. The topological polar surface area (TPSA) is 82.0 Å². The molecule has 0 saturated carbocycles. The van der Waals surface area contributed by atoms with Crippen LogP contribution >= 0.6 is 0 Å². The molecule has 3 N–H and O–H groups in total. The number of ether oxygens (including phenoxy) is 1. The number of hydrogen-bond donors (Lipinski definition) is 3. The fourth-order valence-corrected chi connectivity index (χ4v) is 2.34. The van der Waals surface area contributed by atoms with E-state index in [9.17, 15) is 15.0 Å². The third kappa shape index (κ3) is 2.00. The Labute approximate surface area is 101 Å². The van der Waals surface area contributed by atoms with E-state index in [1.807, 2.05) is 0 Å². The van der Waals surface area contributed by atoms with E-state index < -0.39 is 29.4 Å². The Morgan fingerprint density at radius 1 is 1.41 bits per heavy atom. The lowest BCUT2D eigenvalue weighted by atomic mass is 9.86. The first-order valence-corrected chi connectivity index (χ1v) is 5.84. The molecule has 0 aromatic rings. The number of carbonyl (C=O) groups is 1. The summed E-state index contributed by atoms with van der Waals surface area (Å²) in [7, 11) is 0. The Hall–Kier alpha value is -0.850. The van der Waals surface area contributed by atoms with Crippen molar-refractivity contribution in [2.45, 2.75) is 44.1 Å². The Kier molecular flexibility index (Phi) is 2.84. The first-order valence-electron chi connectivity index (χ1n) is 5.84. The third-order valence-corrected chi connectivity index (χ3v) is 3.30. The molecule has 6 nitrogen and oxygen atoms in total. The van der Waals surface area contributed by atoms with Gasteiger partial charge in [-0.1, -0.05) is 0 Å². The van der Waals surface area contributed by atoms with Crippen LogP contribution < -0.4 is 5.32 Å². The smallest absolute Gasteiger partial charge is 0.411 e. The molecule has 0 radical (unpaired) electrons. The molecule has 0 aromatic carbocycles. The fraction of sp³-hybridized carbons (Fsp3) is 0.909. The summed E-state index contributed by atoms with van der Waals surface area (Å²) in [5.74, 6) is 0. The van der Waals surface area contributed by atoms with Gasteiger partial charge in [0.05, 0.1) is 18.2 Å². The van der Waals surface area contributed by atoms with Crippen molar-refractivity contribution >= 4 is 6.09 Å². The second-order valence-corrected chi connectivity index (χ2v) is 5.81. The van der Waals surface area contributed by atoms with E-state index in [1.165, 1.54) is 4.90 Å². The zero-order valence-electron chi connectivity index (χ0n) is 10.4. The van der Waals surface area contributed by atoms with E-state index in [1.54, 1.807) is 20.8 Å². The van der Waals surface area contributed by atoms with Crippen molar-refractivity contribution in [3.8, 4) is 0 Å². The molecule has 1 spiro atoms. The molecule has 2 aliphatic rings. The quantitative estimate of drug-likeness (QED) is 0.525. The first-order chi connectivity index (χ1) is 7.76. The molecule has 2 unspecified atom stereocenters. The number of likely N-dealkylation sites (tertiary alicyclic amines) is 1. The summed E-state index contributed by atoms with van der Waals surface area (Å²) < 4.78 is 5.29. The molecule has 0 aromatic heterocycles. The molecule has 2 heterocycles. The monoisotopic (exact) mass is 244 g/mol. The Morgan fingerprint density at radius 2 is 2.00 bits per heavy atom. The van der Waals surface area contributed by atoms with Gasteiger partial charge in [0.1, 0.15) is 11.7 Å². The van der Waals surface area contributed by atoms with Crippen molar-refractivity contribution in [1.29, 1.82) is 0 Å². The van der Waals surface area contributed by atoms with Crippen LogP contribution in [0.4, 0.5) is 4.79 Å². The number of aliphatic hydroxyl groups excluding tert-OH is 2. The van der Waals surface area contributed by atoms with Gasteiger partial charge in [-0.05, 0) is 20.8 Å². The minimum atomic E-state index is -0.906. The van der Waals surface area contributed by atoms with Gasteiger partial charge >= 0.3 is 6.09 Å². The van der Waals surface area contributed by atoms with Gasteiger partial charge in [-0.3, -0.25) is 4.90 Å². The number of β-amino-alcohol motifs (C(OH)–C–C–N with tert-alkyl or cyclic N) is 1. The largest absolute Gasteiger partial charge is 0.444 e. The van der Waals surface area contributed by atoms with Crippen molar-refractivity contribution < 1.29 is 19.7 Å². The molecule has 0 bridgehead atoms. The van der Waals surface area contributed by atoms with E-state index in [0.29, 0.717) is 13.1 Å². The number of carbonyl (C=O) groups excluding carboxylic acids is 1. The van der Waals surface area contributed by atoms with Crippen molar-refractivity contribution in [2.24, 2.45) is 0 Å². The van der Waals surface area contributed by atoms with Gasteiger partial charge in [-0.2, -0.15) is 0 Å². The molecule has 2 saturated heterocycles. The van der Waals surface area contributed by atoms with Crippen LogP contribution in [0, 0.1) is 0 Å². The lowest BCUT2D eigenvalue weighted by Gasteiger charge is -2.47. The van der Waals surface area contributed by atoms with E-state index in [-0.39, 0.29) is 6.54 Å². The molecule has 2 atom stereocenters. The maximum atomic E-state index is 12.0. The normalized spacial score (nSPS) is 31.5. The lowest BCUT2D eigenvalue weighted by molar-refractivity contribution is -0.0463. The molecular weight excluding hydrogens is 224 g/mol. The highest BCUT2D eigenvalue weighted by Gasteiger charge is 2.59. The van der Waals surface area contributed by atoms with Crippen LogP contribution in [0.2, 0.25) is 0 Å². The van der Waals surface area contributed by atoms with Crippen LogP contribution in [-0.4, -0.2) is 64.2 Å². The van der Waals surface area contributed by atoms with Crippen LogP contribution in [0.1, 0.15) is 20.8 Å². The number of amides is 1. The number of nitrogens with zero attached hydrogens (tertiary/aromatic N) is 1. The lowest BCUT2D eigenvalue weighted by Crippen LogP contribution is -2.72. The Bertz CT molecular complexity index is 322. The summed E-state index contributed by atoms with van der Waals surface area (Å²) in [5.41, 5.74) is -1.27.